The number of hydrogen-bond acceptors (Lipinski definition) is 3. The topological polar surface area (TPSA) is 27.7 Å². The maximum absolute atomic E-state index is 6.14. The zero-order valence-electron chi connectivity index (χ0n) is 21.4. The molecule has 0 fully saturated rings. The summed E-state index contributed by atoms with van der Waals surface area (Å²) in [4.78, 5) is 0. The fraction of sp³-hybridized carbons (Fsp3) is 0.400. The van der Waals surface area contributed by atoms with Crippen molar-refractivity contribution in [3.63, 3.8) is 0 Å². The van der Waals surface area contributed by atoms with E-state index in [4.69, 9.17) is 14.2 Å². The predicted molar refractivity (Wildman–Crippen MR) is 149 cm³/mol. The Labute approximate surface area is 215 Å². The Morgan fingerprint density at radius 1 is 0.486 bits per heavy atom. The minimum Gasteiger partial charge on any atom is -0.376 e. The van der Waals surface area contributed by atoms with Gasteiger partial charge in [0.2, 0.25) is 0 Å². The first-order valence-corrected chi connectivity index (χ1v) is 13.8. The molecule has 0 heterocycles. The molecule has 3 aromatic carbocycles. The van der Waals surface area contributed by atoms with Gasteiger partial charge >= 0.3 is 0 Å². The molecule has 0 aliphatic rings. The summed E-state index contributed by atoms with van der Waals surface area (Å²) in [6.45, 7) is 11.2. The van der Waals surface area contributed by atoms with E-state index >= 15 is 0 Å². The van der Waals surface area contributed by atoms with Crippen LogP contribution in [0.2, 0.25) is 0 Å². The normalized spacial score (nSPS) is 14.5. The van der Waals surface area contributed by atoms with Crippen molar-refractivity contribution in [1.29, 1.82) is 0 Å². The lowest BCUT2D eigenvalue weighted by molar-refractivity contribution is 0.113. The van der Waals surface area contributed by atoms with Crippen LogP contribution >= 0.6 is 7.92 Å². The number of hydrogen-bond donors (Lipinski definition) is 0. The largest absolute Gasteiger partial charge is 0.376 e. The first-order valence-electron chi connectivity index (χ1n) is 12.3. The van der Waals surface area contributed by atoms with Crippen LogP contribution in [0.25, 0.3) is 0 Å². The fourth-order valence-electron chi connectivity index (χ4n) is 4.33. The van der Waals surface area contributed by atoms with Gasteiger partial charge in [-0.3, -0.25) is 0 Å². The summed E-state index contributed by atoms with van der Waals surface area (Å²) in [5, 5.41) is 0. The second-order valence-corrected chi connectivity index (χ2v) is 12.5. The Kier molecular flexibility index (Phi) is 13.9. The highest BCUT2D eigenvalue weighted by Gasteiger charge is 2.29. The molecule has 0 aromatic heterocycles. The van der Waals surface area contributed by atoms with Gasteiger partial charge in [-0.25, -0.2) is 0 Å². The highest BCUT2D eigenvalue weighted by Crippen LogP contribution is 2.51. The van der Waals surface area contributed by atoms with Crippen molar-refractivity contribution in [1.82, 2.24) is 0 Å². The maximum Gasteiger partial charge on any atom is 0.0717 e. The van der Waals surface area contributed by atoms with E-state index < -0.39 is 0 Å². The average molecular weight is 489 g/mol. The van der Waals surface area contributed by atoms with Crippen molar-refractivity contribution in [2.24, 2.45) is 0 Å². The molecule has 5 heteroatoms. The van der Waals surface area contributed by atoms with E-state index in [9.17, 15) is 0 Å². The standard InChI is InChI=1S/C30H39O3P.B/c1-25(19-31-22-28-13-7-4-8-14-28)34(26(2)20-32-23-29-15-9-5-10-16-29)27(3)21-33-24-30-17-11-6-12-18-30;/h4-18,25-27H,19-24H2,1-3H3;. The highest BCUT2D eigenvalue weighted by molar-refractivity contribution is 7.59. The van der Waals surface area contributed by atoms with Gasteiger partial charge in [-0.05, 0) is 16.7 Å². The summed E-state index contributed by atoms with van der Waals surface area (Å²) >= 11 is 0. The van der Waals surface area contributed by atoms with E-state index in [0.717, 1.165) is 19.8 Å². The van der Waals surface area contributed by atoms with Crippen LogP contribution < -0.4 is 0 Å². The Morgan fingerprint density at radius 2 is 0.743 bits per heavy atom. The summed E-state index contributed by atoms with van der Waals surface area (Å²) in [6, 6.07) is 31.2. The molecular formula is C30H39BO3P. The SMILES string of the molecule is CC(COCc1ccccc1)P(C(C)COCc1ccccc1)C(C)COCc1ccccc1.[B]. The lowest BCUT2D eigenvalue weighted by Crippen LogP contribution is -2.27. The van der Waals surface area contributed by atoms with E-state index in [1.165, 1.54) is 16.7 Å². The van der Waals surface area contributed by atoms with Crippen LogP contribution in [-0.4, -0.2) is 45.2 Å². The third-order valence-corrected chi connectivity index (χ3v) is 9.44. The Balaban J connectivity index is 0.00000432. The minimum atomic E-state index is -0.361. The maximum atomic E-state index is 6.14. The quantitative estimate of drug-likeness (QED) is 0.172. The van der Waals surface area contributed by atoms with Gasteiger partial charge in [0.05, 0.1) is 39.6 Å². The molecule has 0 N–H and O–H groups in total. The van der Waals surface area contributed by atoms with Crippen LogP contribution in [0.15, 0.2) is 91.0 Å². The summed E-state index contributed by atoms with van der Waals surface area (Å²) in [6.07, 6.45) is 0. The third kappa shape index (κ3) is 10.7. The number of rotatable bonds is 15. The zero-order chi connectivity index (χ0) is 24.0. The highest BCUT2D eigenvalue weighted by atomic mass is 31.1. The Bertz CT molecular complexity index is 788. The fourth-order valence-corrected chi connectivity index (χ4v) is 7.77. The minimum absolute atomic E-state index is 0. The first-order chi connectivity index (χ1) is 16.6. The van der Waals surface area contributed by atoms with Gasteiger partial charge in [0, 0.05) is 25.4 Å². The van der Waals surface area contributed by atoms with Gasteiger partial charge < -0.3 is 14.2 Å². The van der Waals surface area contributed by atoms with Gasteiger partial charge in [0.1, 0.15) is 0 Å². The Hall–Kier alpha value is -1.97. The van der Waals surface area contributed by atoms with Crippen LogP contribution in [0.5, 0.6) is 0 Å². The van der Waals surface area contributed by atoms with E-state index in [0.29, 0.717) is 36.8 Å². The number of ether oxygens (including phenoxy) is 3. The molecule has 0 saturated heterocycles. The van der Waals surface area contributed by atoms with Crippen molar-refractivity contribution < 1.29 is 14.2 Å². The molecule has 3 unspecified atom stereocenters. The van der Waals surface area contributed by atoms with Gasteiger partial charge in [0.25, 0.3) is 0 Å². The van der Waals surface area contributed by atoms with Gasteiger partial charge in [0.15, 0.2) is 0 Å². The average Bonchev–Trinajstić information content (AvgIpc) is 2.86. The lowest BCUT2D eigenvalue weighted by atomic mass is 10.2. The van der Waals surface area contributed by atoms with Gasteiger partial charge in [-0.1, -0.05) is 120 Å². The first kappa shape index (κ1) is 29.3. The second kappa shape index (κ2) is 16.7. The third-order valence-electron chi connectivity index (χ3n) is 5.94. The summed E-state index contributed by atoms with van der Waals surface area (Å²) < 4.78 is 18.4. The molecule has 3 aromatic rings. The molecule has 0 spiro atoms. The smallest absolute Gasteiger partial charge is 0.0717 e. The van der Waals surface area contributed by atoms with Crippen LogP contribution in [-0.2, 0) is 34.0 Å². The summed E-state index contributed by atoms with van der Waals surface area (Å²) in [5.41, 5.74) is 5.05. The van der Waals surface area contributed by atoms with Crippen molar-refractivity contribution in [3.05, 3.63) is 108 Å². The molecule has 3 radical (unpaired) electrons. The van der Waals surface area contributed by atoms with Crippen LogP contribution in [0.3, 0.4) is 0 Å². The van der Waals surface area contributed by atoms with Crippen LogP contribution in [0, 0.1) is 0 Å². The van der Waals surface area contributed by atoms with E-state index in [1.54, 1.807) is 0 Å². The molecule has 0 saturated carbocycles. The second-order valence-electron chi connectivity index (χ2n) is 9.00. The van der Waals surface area contributed by atoms with Crippen molar-refractivity contribution in [2.45, 2.75) is 57.6 Å². The van der Waals surface area contributed by atoms with Crippen LogP contribution in [0.4, 0.5) is 0 Å². The van der Waals surface area contributed by atoms with Crippen molar-refractivity contribution >= 4 is 16.3 Å². The van der Waals surface area contributed by atoms with E-state index in [2.05, 4.69) is 93.6 Å². The Morgan fingerprint density at radius 3 is 1.00 bits per heavy atom. The molecule has 0 aliphatic carbocycles. The summed E-state index contributed by atoms with van der Waals surface area (Å²) in [5.74, 6) is 0. The molecule has 0 amide bonds. The molecule has 0 aliphatic heterocycles. The van der Waals surface area contributed by atoms with E-state index in [1.807, 2.05) is 18.2 Å². The lowest BCUT2D eigenvalue weighted by Gasteiger charge is -2.35. The predicted octanol–water partition coefficient (Wildman–Crippen LogP) is 6.90. The molecule has 35 heavy (non-hydrogen) atoms. The molecule has 0 bridgehead atoms. The molecular weight excluding hydrogens is 450 g/mol. The molecule has 3 atom stereocenters. The molecule has 3 rings (SSSR count). The zero-order valence-corrected chi connectivity index (χ0v) is 22.3. The monoisotopic (exact) mass is 489 g/mol. The van der Waals surface area contributed by atoms with Gasteiger partial charge in [-0.2, -0.15) is 0 Å². The van der Waals surface area contributed by atoms with Crippen molar-refractivity contribution in [3.8, 4) is 0 Å². The van der Waals surface area contributed by atoms with E-state index in [-0.39, 0.29) is 16.3 Å². The van der Waals surface area contributed by atoms with Crippen molar-refractivity contribution in [2.75, 3.05) is 19.8 Å². The molecule has 3 nitrogen and oxygen atoms in total. The number of benzene rings is 3. The van der Waals surface area contributed by atoms with Crippen LogP contribution in [0.1, 0.15) is 37.5 Å². The van der Waals surface area contributed by atoms with Gasteiger partial charge in [-0.15, -0.1) is 0 Å². The molecule has 185 valence electrons. The summed E-state index contributed by atoms with van der Waals surface area (Å²) in [7, 11) is -0.361.